The molecule has 18 heavy (non-hydrogen) atoms. The monoisotopic (exact) mass is 269 g/mol. The van der Waals surface area contributed by atoms with Crippen LogP contribution in [0, 0.1) is 0 Å². The lowest BCUT2D eigenvalue weighted by atomic mass is 9.76. The molecule has 0 spiro atoms. The second kappa shape index (κ2) is 5.06. The van der Waals surface area contributed by atoms with Crippen molar-refractivity contribution in [3.05, 3.63) is 23.7 Å². The summed E-state index contributed by atoms with van der Waals surface area (Å²) in [6.45, 7) is 0. The van der Waals surface area contributed by atoms with Gasteiger partial charge < -0.3 is 14.8 Å². The molecule has 0 radical (unpaired) electrons. The van der Waals surface area contributed by atoms with Crippen molar-refractivity contribution in [2.24, 2.45) is 0 Å². The summed E-state index contributed by atoms with van der Waals surface area (Å²) in [6, 6.07) is 3.31. The van der Waals surface area contributed by atoms with E-state index in [9.17, 15) is 9.59 Å². The number of furan rings is 1. The van der Waals surface area contributed by atoms with Crippen LogP contribution in [0.1, 0.15) is 35.6 Å². The molecule has 2 N–H and O–H groups in total. The van der Waals surface area contributed by atoms with E-state index in [1.165, 1.54) is 0 Å². The van der Waals surface area contributed by atoms with Gasteiger partial charge in [0.2, 0.25) is 0 Å². The number of carbonyl (C=O) groups is 2. The van der Waals surface area contributed by atoms with E-state index >= 15 is 0 Å². The lowest BCUT2D eigenvalue weighted by molar-refractivity contribution is -0.148. The van der Waals surface area contributed by atoms with E-state index in [0.717, 1.165) is 6.42 Å². The molecule has 0 aliphatic heterocycles. The summed E-state index contributed by atoms with van der Waals surface area (Å²) in [5, 5.41) is 11.7. The fourth-order valence-electron chi connectivity index (χ4n) is 1.92. The summed E-state index contributed by atoms with van der Waals surface area (Å²) in [5.74, 6) is 0.150. The van der Waals surface area contributed by atoms with Crippen LogP contribution in [0.15, 0.2) is 16.5 Å². The van der Waals surface area contributed by atoms with E-state index in [0.29, 0.717) is 24.4 Å². The standard InChI is InChI=1S/C12H15NO4S/c1-18-7-8-3-4-9(17-8)10(14)13-12(11(15)16)5-2-6-12/h3-4H,2,5-7H2,1H3,(H,13,14)(H,15,16). The van der Waals surface area contributed by atoms with Gasteiger partial charge in [0.15, 0.2) is 5.76 Å². The number of hydrogen-bond acceptors (Lipinski definition) is 4. The first kappa shape index (κ1) is 13.0. The van der Waals surface area contributed by atoms with Gasteiger partial charge >= 0.3 is 5.97 Å². The van der Waals surface area contributed by atoms with Crippen LogP contribution in [0.4, 0.5) is 0 Å². The van der Waals surface area contributed by atoms with Crippen LogP contribution in [0.3, 0.4) is 0 Å². The van der Waals surface area contributed by atoms with Crippen LogP contribution in [0.2, 0.25) is 0 Å². The summed E-state index contributed by atoms with van der Waals surface area (Å²) in [7, 11) is 0. The third kappa shape index (κ3) is 2.38. The topological polar surface area (TPSA) is 79.5 Å². The maximum atomic E-state index is 11.9. The number of hydrogen-bond donors (Lipinski definition) is 2. The van der Waals surface area contributed by atoms with Crippen LogP contribution in [0.25, 0.3) is 0 Å². The molecule has 1 fully saturated rings. The van der Waals surface area contributed by atoms with Crippen LogP contribution in [-0.2, 0) is 10.5 Å². The highest BCUT2D eigenvalue weighted by atomic mass is 32.2. The SMILES string of the molecule is CSCc1ccc(C(=O)NC2(C(=O)O)CCC2)o1. The van der Waals surface area contributed by atoms with Crippen molar-refractivity contribution in [2.75, 3.05) is 6.26 Å². The fourth-order valence-corrected chi connectivity index (χ4v) is 2.36. The van der Waals surface area contributed by atoms with Gasteiger partial charge in [0.25, 0.3) is 5.91 Å². The largest absolute Gasteiger partial charge is 0.480 e. The maximum absolute atomic E-state index is 11.9. The molecule has 2 rings (SSSR count). The number of rotatable bonds is 5. The van der Waals surface area contributed by atoms with Gasteiger partial charge in [-0.1, -0.05) is 0 Å². The van der Waals surface area contributed by atoms with Crippen LogP contribution in [-0.4, -0.2) is 28.8 Å². The minimum Gasteiger partial charge on any atom is -0.480 e. The minimum absolute atomic E-state index is 0.173. The molecule has 1 aromatic heterocycles. The maximum Gasteiger partial charge on any atom is 0.329 e. The van der Waals surface area contributed by atoms with E-state index in [2.05, 4.69) is 5.32 Å². The second-order valence-corrected chi connectivity index (χ2v) is 5.26. The number of carboxylic acids is 1. The lowest BCUT2D eigenvalue weighted by Gasteiger charge is -2.37. The Labute approximate surface area is 109 Å². The highest BCUT2D eigenvalue weighted by molar-refractivity contribution is 7.97. The Kier molecular flexibility index (Phi) is 3.65. The van der Waals surface area contributed by atoms with Crippen molar-refractivity contribution < 1.29 is 19.1 Å². The number of aliphatic carboxylic acids is 1. The summed E-state index contributed by atoms with van der Waals surface area (Å²) >= 11 is 1.59. The Morgan fingerprint density at radius 1 is 1.50 bits per heavy atom. The Morgan fingerprint density at radius 2 is 2.22 bits per heavy atom. The van der Waals surface area contributed by atoms with Gasteiger partial charge in [-0.05, 0) is 37.7 Å². The molecule has 1 heterocycles. The first-order valence-corrected chi connectivity index (χ1v) is 7.10. The normalized spacial score (nSPS) is 16.9. The van der Waals surface area contributed by atoms with Crippen molar-refractivity contribution in [3.8, 4) is 0 Å². The third-order valence-electron chi connectivity index (χ3n) is 3.14. The zero-order valence-corrected chi connectivity index (χ0v) is 10.9. The van der Waals surface area contributed by atoms with Crippen molar-refractivity contribution in [1.82, 2.24) is 5.32 Å². The average Bonchev–Trinajstić information content (AvgIpc) is 2.71. The zero-order valence-electron chi connectivity index (χ0n) is 10.1. The zero-order chi connectivity index (χ0) is 13.2. The van der Waals surface area contributed by atoms with E-state index < -0.39 is 17.4 Å². The predicted octanol–water partition coefficient (Wildman–Crippen LogP) is 1.88. The highest BCUT2D eigenvalue weighted by Crippen LogP contribution is 2.32. The third-order valence-corrected chi connectivity index (χ3v) is 3.71. The minimum atomic E-state index is -1.09. The predicted molar refractivity (Wildman–Crippen MR) is 67.6 cm³/mol. The van der Waals surface area contributed by atoms with Crippen molar-refractivity contribution in [2.45, 2.75) is 30.6 Å². The fraction of sp³-hybridized carbons (Fsp3) is 0.500. The molecule has 0 unspecified atom stereocenters. The van der Waals surface area contributed by atoms with E-state index in [1.807, 2.05) is 6.26 Å². The van der Waals surface area contributed by atoms with Gasteiger partial charge in [-0.15, -0.1) is 0 Å². The molecule has 1 saturated carbocycles. The van der Waals surface area contributed by atoms with Crippen molar-refractivity contribution in [1.29, 1.82) is 0 Å². The van der Waals surface area contributed by atoms with Crippen LogP contribution in [0.5, 0.6) is 0 Å². The van der Waals surface area contributed by atoms with Gasteiger partial charge in [0, 0.05) is 0 Å². The molecule has 1 amide bonds. The molecule has 0 atom stereocenters. The summed E-state index contributed by atoms with van der Waals surface area (Å²) in [4.78, 5) is 23.0. The molecule has 5 nitrogen and oxygen atoms in total. The Morgan fingerprint density at radius 3 is 2.72 bits per heavy atom. The van der Waals surface area contributed by atoms with E-state index in [-0.39, 0.29) is 5.76 Å². The molecule has 0 aromatic carbocycles. The number of amides is 1. The van der Waals surface area contributed by atoms with Gasteiger partial charge in [0.1, 0.15) is 11.3 Å². The Bertz CT molecular complexity index is 464. The van der Waals surface area contributed by atoms with Gasteiger partial charge in [-0.25, -0.2) is 4.79 Å². The number of carboxylic acid groups (broad SMARTS) is 1. The first-order valence-electron chi connectivity index (χ1n) is 5.71. The molecule has 1 aromatic rings. The second-order valence-electron chi connectivity index (χ2n) is 4.39. The van der Waals surface area contributed by atoms with E-state index in [1.54, 1.807) is 23.9 Å². The Hall–Kier alpha value is -1.43. The van der Waals surface area contributed by atoms with Gasteiger partial charge in [-0.3, -0.25) is 4.79 Å². The lowest BCUT2D eigenvalue weighted by Crippen LogP contribution is -2.59. The van der Waals surface area contributed by atoms with Gasteiger partial charge in [0.05, 0.1) is 5.75 Å². The highest BCUT2D eigenvalue weighted by Gasteiger charge is 2.46. The van der Waals surface area contributed by atoms with Crippen molar-refractivity contribution in [3.63, 3.8) is 0 Å². The molecule has 1 aliphatic rings. The molecular weight excluding hydrogens is 254 g/mol. The molecule has 0 bridgehead atoms. The smallest absolute Gasteiger partial charge is 0.329 e. The summed E-state index contributed by atoms with van der Waals surface area (Å²) in [5.41, 5.74) is -1.09. The number of carbonyl (C=O) groups excluding carboxylic acids is 1. The van der Waals surface area contributed by atoms with Crippen LogP contribution < -0.4 is 5.32 Å². The number of thioether (sulfide) groups is 1. The molecule has 1 aliphatic carbocycles. The molecule has 6 heteroatoms. The summed E-state index contributed by atoms with van der Waals surface area (Å²) in [6.07, 6.45) is 3.72. The summed E-state index contributed by atoms with van der Waals surface area (Å²) < 4.78 is 5.35. The number of nitrogens with one attached hydrogen (secondary N) is 1. The Balaban J connectivity index is 2.04. The first-order chi connectivity index (χ1) is 8.57. The quantitative estimate of drug-likeness (QED) is 0.853. The molecule has 98 valence electrons. The van der Waals surface area contributed by atoms with E-state index in [4.69, 9.17) is 9.52 Å². The van der Waals surface area contributed by atoms with Gasteiger partial charge in [-0.2, -0.15) is 11.8 Å². The van der Waals surface area contributed by atoms with Crippen LogP contribution >= 0.6 is 11.8 Å². The van der Waals surface area contributed by atoms with Crippen molar-refractivity contribution >= 4 is 23.6 Å². The molecular formula is C12H15NO4S. The molecule has 0 saturated heterocycles. The average molecular weight is 269 g/mol.